The van der Waals surface area contributed by atoms with Gasteiger partial charge < -0.3 is 5.32 Å². The monoisotopic (exact) mass is 326 g/mol. The fourth-order valence-electron chi connectivity index (χ4n) is 2.75. The molecular formula is C15H14N6OS. The first kappa shape index (κ1) is 14.0. The van der Waals surface area contributed by atoms with E-state index in [1.807, 2.05) is 5.38 Å². The van der Waals surface area contributed by atoms with Crippen LogP contribution in [0.5, 0.6) is 0 Å². The summed E-state index contributed by atoms with van der Waals surface area (Å²) >= 11 is 1.41. The number of nitrogens with zero attached hydrogens (tertiary/aromatic N) is 5. The number of aryl methyl sites for hydroxylation is 2. The number of carbonyl (C=O) groups is 1. The van der Waals surface area contributed by atoms with Crippen LogP contribution in [-0.2, 0) is 24.2 Å². The smallest absolute Gasteiger partial charge is 0.248 e. The van der Waals surface area contributed by atoms with Crippen molar-refractivity contribution in [2.24, 2.45) is 0 Å². The molecule has 1 amide bonds. The van der Waals surface area contributed by atoms with Crippen molar-refractivity contribution in [2.45, 2.75) is 25.8 Å². The van der Waals surface area contributed by atoms with Gasteiger partial charge in [-0.15, -0.1) is 16.4 Å². The molecule has 1 N–H and O–H groups in total. The predicted molar refractivity (Wildman–Crippen MR) is 86.0 cm³/mol. The molecule has 7 nitrogen and oxygen atoms in total. The molecule has 1 aromatic carbocycles. The van der Waals surface area contributed by atoms with Crippen LogP contribution in [0.15, 0.2) is 29.9 Å². The lowest BCUT2D eigenvalue weighted by Gasteiger charge is -2.02. The van der Waals surface area contributed by atoms with Crippen LogP contribution in [0.2, 0.25) is 0 Å². The summed E-state index contributed by atoms with van der Waals surface area (Å²) in [6.07, 6.45) is 4.94. The quantitative estimate of drug-likeness (QED) is 0.792. The number of tetrazole rings is 1. The zero-order valence-corrected chi connectivity index (χ0v) is 13.1. The topological polar surface area (TPSA) is 85.6 Å². The zero-order valence-electron chi connectivity index (χ0n) is 12.3. The molecule has 0 fully saturated rings. The van der Waals surface area contributed by atoms with E-state index in [0.29, 0.717) is 5.13 Å². The van der Waals surface area contributed by atoms with Crippen molar-refractivity contribution in [2.75, 3.05) is 5.32 Å². The Balaban J connectivity index is 1.47. The molecule has 23 heavy (non-hydrogen) atoms. The van der Waals surface area contributed by atoms with Crippen LogP contribution < -0.4 is 5.32 Å². The van der Waals surface area contributed by atoms with Crippen LogP contribution in [0.25, 0.3) is 11.3 Å². The largest absolute Gasteiger partial charge is 0.300 e. The van der Waals surface area contributed by atoms with Crippen LogP contribution in [0, 0.1) is 0 Å². The first-order valence-corrected chi connectivity index (χ1v) is 8.24. The molecule has 2 aromatic heterocycles. The van der Waals surface area contributed by atoms with Crippen molar-refractivity contribution in [3.05, 3.63) is 41.0 Å². The zero-order chi connectivity index (χ0) is 15.6. The Morgan fingerprint density at radius 3 is 3.09 bits per heavy atom. The van der Waals surface area contributed by atoms with Gasteiger partial charge >= 0.3 is 0 Å². The second kappa shape index (κ2) is 5.88. The lowest BCUT2D eigenvalue weighted by Crippen LogP contribution is -2.19. The van der Waals surface area contributed by atoms with E-state index >= 15 is 0 Å². The van der Waals surface area contributed by atoms with Gasteiger partial charge in [0.25, 0.3) is 0 Å². The van der Waals surface area contributed by atoms with Crippen molar-refractivity contribution < 1.29 is 4.79 Å². The van der Waals surface area contributed by atoms with E-state index in [1.165, 1.54) is 46.3 Å². The third kappa shape index (κ3) is 2.98. The van der Waals surface area contributed by atoms with Gasteiger partial charge in [-0.25, -0.2) is 9.67 Å². The molecule has 1 aliphatic rings. The van der Waals surface area contributed by atoms with Gasteiger partial charge in [0.05, 0.1) is 5.69 Å². The molecule has 0 atom stereocenters. The van der Waals surface area contributed by atoms with Crippen LogP contribution in [0.1, 0.15) is 17.5 Å². The average Bonchev–Trinajstić information content (AvgIpc) is 3.27. The van der Waals surface area contributed by atoms with Gasteiger partial charge in [0.1, 0.15) is 12.9 Å². The summed E-state index contributed by atoms with van der Waals surface area (Å²) in [6, 6.07) is 6.50. The number of hydrogen-bond donors (Lipinski definition) is 1. The highest BCUT2D eigenvalue weighted by atomic mass is 32.1. The molecule has 3 aromatic rings. The van der Waals surface area contributed by atoms with Gasteiger partial charge in [-0.05, 0) is 46.9 Å². The Kier molecular flexibility index (Phi) is 3.58. The lowest BCUT2D eigenvalue weighted by atomic mass is 10.1. The van der Waals surface area contributed by atoms with Crippen molar-refractivity contribution >= 4 is 22.4 Å². The van der Waals surface area contributed by atoms with Crippen molar-refractivity contribution in [1.29, 1.82) is 0 Å². The van der Waals surface area contributed by atoms with Gasteiger partial charge in [-0.1, -0.05) is 12.1 Å². The maximum atomic E-state index is 11.9. The predicted octanol–water partition coefficient (Wildman–Crippen LogP) is 1.92. The van der Waals surface area contributed by atoms with Crippen molar-refractivity contribution in [3.63, 3.8) is 0 Å². The molecule has 8 heteroatoms. The maximum absolute atomic E-state index is 11.9. The average molecular weight is 326 g/mol. The molecule has 0 radical (unpaired) electrons. The molecule has 0 aliphatic heterocycles. The van der Waals surface area contributed by atoms with Crippen molar-refractivity contribution in [1.82, 2.24) is 25.2 Å². The van der Waals surface area contributed by atoms with Crippen LogP contribution in [0.3, 0.4) is 0 Å². The number of thiazole rings is 1. The Morgan fingerprint density at radius 1 is 1.30 bits per heavy atom. The van der Waals surface area contributed by atoms with Crippen LogP contribution in [0.4, 0.5) is 5.13 Å². The molecule has 2 heterocycles. The van der Waals surface area contributed by atoms with E-state index in [2.05, 4.69) is 44.0 Å². The Bertz CT molecular complexity index is 842. The van der Waals surface area contributed by atoms with E-state index in [4.69, 9.17) is 0 Å². The number of nitrogens with one attached hydrogen (secondary N) is 1. The summed E-state index contributed by atoms with van der Waals surface area (Å²) in [5.41, 5.74) is 4.85. The maximum Gasteiger partial charge on any atom is 0.248 e. The summed E-state index contributed by atoms with van der Waals surface area (Å²) in [7, 11) is 0. The molecule has 0 bridgehead atoms. The molecule has 0 spiro atoms. The summed E-state index contributed by atoms with van der Waals surface area (Å²) in [5.74, 6) is -0.202. The highest BCUT2D eigenvalue weighted by molar-refractivity contribution is 7.14. The number of rotatable bonds is 4. The van der Waals surface area contributed by atoms with Crippen LogP contribution >= 0.6 is 11.3 Å². The highest BCUT2D eigenvalue weighted by Gasteiger charge is 2.13. The number of fused-ring (bicyclic) bond motifs is 1. The molecule has 116 valence electrons. The SMILES string of the molecule is O=C(Cn1cnnn1)Nc1nc(-c2ccc3c(c2)CCC3)cs1. The van der Waals surface area contributed by atoms with E-state index in [0.717, 1.165) is 17.7 Å². The Hall–Kier alpha value is -2.61. The minimum absolute atomic E-state index is 0.0702. The molecule has 0 saturated carbocycles. The Morgan fingerprint density at radius 2 is 2.22 bits per heavy atom. The molecule has 4 rings (SSSR count). The number of hydrogen-bond acceptors (Lipinski definition) is 6. The third-order valence-electron chi connectivity index (χ3n) is 3.84. The first-order valence-electron chi connectivity index (χ1n) is 7.36. The fourth-order valence-corrected chi connectivity index (χ4v) is 3.49. The number of aromatic nitrogens is 5. The van der Waals surface area contributed by atoms with Gasteiger partial charge in [0, 0.05) is 10.9 Å². The van der Waals surface area contributed by atoms with Gasteiger partial charge in [0.15, 0.2) is 5.13 Å². The summed E-state index contributed by atoms with van der Waals surface area (Å²) < 4.78 is 1.37. The minimum atomic E-state index is -0.202. The highest BCUT2D eigenvalue weighted by Crippen LogP contribution is 2.30. The number of benzene rings is 1. The molecular weight excluding hydrogens is 312 g/mol. The fraction of sp³-hybridized carbons (Fsp3) is 0.267. The standard InChI is InChI=1S/C15H14N6OS/c22-14(7-21-9-16-19-20-21)18-15-17-13(8-23-15)12-5-4-10-2-1-3-11(10)6-12/h4-6,8-9H,1-3,7H2,(H,17,18,22). The van der Waals surface area contributed by atoms with E-state index in [-0.39, 0.29) is 12.5 Å². The van der Waals surface area contributed by atoms with Crippen molar-refractivity contribution in [3.8, 4) is 11.3 Å². The summed E-state index contributed by atoms with van der Waals surface area (Å²) in [5, 5.41) is 16.0. The number of anilines is 1. The van der Waals surface area contributed by atoms with E-state index in [1.54, 1.807) is 0 Å². The lowest BCUT2D eigenvalue weighted by molar-refractivity contribution is -0.116. The number of amides is 1. The third-order valence-corrected chi connectivity index (χ3v) is 4.60. The second-order valence-corrected chi connectivity index (χ2v) is 6.29. The molecule has 0 unspecified atom stereocenters. The minimum Gasteiger partial charge on any atom is -0.300 e. The first-order chi connectivity index (χ1) is 11.3. The van der Waals surface area contributed by atoms with E-state index in [9.17, 15) is 4.79 Å². The van der Waals surface area contributed by atoms with Gasteiger partial charge in [0.2, 0.25) is 5.91 Å². The normalized spacial score (nSPS) is 13.0. The van der Waals surface area contributed by atoms with Crippen LogP contribution in [-0.4, -0.2) is 31.1 Å². The summed E-state index contributed by atoms with van der Waals surface area (Å²) in [4.78, 5) is 16.4. The number of carbonyl (C=O) groups excluding carboxylic acids is 1. The molecule has 0 saturated heterocycles. The summed E-state index contributed by atoms with van der Waals surface area (Å²) in [6.45, 7) is 0.0702. The molecule has 1 aliphatic carbocycles. The second-order valence-electron chi connectivity index (χ2n) is 5.43. The van der Waals surface area contributed by atoms with Gasteiger partial charge in [-0.2, -0.15) is 0 Å². The Labute approximate surface area is 136 Å². The van der Waals surface area contributed by atoms with Gasteiger partial charge in [-0.3, -0.25) is 4.79 Å². The van der Waals surface area contributed by atoms with E-state index < -0.39 is 0 Å².